The molecule has 0 saturated heterocycles. The predicted octanol–water partition coefficient (Wildman–Crippen LogP) is 2.69. The molecule has 3 rings (SSSR count). The van der Waals surface area contributed by atoms with Crippen molar-refractivity contribution in [1.82, 2.24) is 19.7 Å². The molecule has 0 unspecified atom stereocenters. The number of likely N-dealkylation sites (N-methyl/N-ethyl adjacent to an activating group) is 1. The molecule has 6 nitrogen and oxygen atoms in total. The molecule has 132 valence electrons. The Bertz CT molecular complexity index is 812. The Morgan fingerprint density at radius 2 is 1.88 bits per heavy atom. The van der Waals surface area contributed by atoms with E-state index in [1.54, 1.807) is 13.3 Å². The van der Waals surface area contributed by atoms with Crippen molar-refractivity contribution in [3.63, 3.8) is 0 Å². The molecule has 25 heavy (non-hydrogen) atoms. The molecule has 0 radical (unpaired) electrons. The largest absolute Gasteiger partial charge is 0.492 e. The van der Waals surface area contributed by atoms with Crippen LogP contribution in [0.25, 0.3) is 22.3 Å². The zero-order valence-electron chi connectivity index (χ0n) is 15.0. The highest BCUT2D eigenvalue weighted by molar-refractivity contribution is 5.91. The third-order valence-corrected chi connectivity index (χ3v) is 3.95. The monoisotopic (exact) mass is 340 g/mol. The van der Waals surface area contributed by atoms with E-state index in [4.69, 9.17) is 14.6 Å². The SMILES string of the molecule is COCCn1nc(-c2ccc(OCCN(C)C)cc2)c2cccnc21. The molecule has 3 aromatic rings. The van der Waals surface area contributed by atoms with Crippen LogP contribution in [0.5, 0.6) is 5.75 Å². The predicted molar refractivity (Wildman–Crippen MR) is 98.9 cm³/mol. The lowest BCUT2D eigenvalue weighted by Gasteiger charge is -2.11. The van der Waals surface area contributed by atoms with Gasteiger partial charge in [-0.3, -0.25) is 0 Å². The minimum atomic E-state index is 0.603. The summed E-state index contributed by atoms with van der Waals surface area (Å²) in [4.78, 5) is 6.57. The summed E-state index contributed by atoms with van der Waals surface area (Å²) in [7, 11) is 5.76. The lowest BCUT2D eigenvalue weighted by Crippen LogP contribution is -2.19. The fourth-order valence-electron chi connectivity index (χ4n) is 2.61. The quantitative estimate of drug-likeness (QED) is 0.631. The molecular weight excluding hydrogens is 316 g/mol. The van der Waals surface area contributed by atoms with E-state index in [9.17, 15) is 0 Å². The first-order valence-corrected chi connectivity index (χ1v) is 8.37. The smallest absolute Gasteiger partial charge is 0.158 e. The molecule has 0 aliphatic rings. The number of methoxy groups -OCH3 is 1. The minimum absolute atomic E-state index is 0.603. The zero-order valence-corrected chi connectivity index (χ0v) is 15.0. The second-order valence-electron chi connectivity index (χ2n) is 6.12. The van der Waals surface area contributed by atoms with E-state index in [1.165, 1.54) is 0 Å². The van der Waals surface area contributed by atoms with Crippen molar-refractivity contribution in [2.75, 3.05) is 41.0 Å². The number of rotatable bonds is 8. The third-order valence-electron chi connectivity index (χ3n) is 3.95. The van der Waals surface area contributed by atoms with Crippen molar-refractivity contribution in [3.8, 4) is 17.0 Å². The maximum absolute atomic E-state index is 5.76. The lowest BCUT2D eigenvalue weighted by atomic mass is 10.1. The molecule has 0 amide bonds. The Labute approximate surface area is 148 Å². The number of hydrogen-bond acceptors (Lipinski definition) is 5. The molecule has 0 saturated carbocycles. The van der Waals surface area contributed by atoms with Gasteiger partial charge in [0.25, 0.3) is 0 Å². The van der Waals surface area contributed by atoms with Gasteiger partial charge in [0.2, 0.25) is 0 Å². The maximum atomic E-state index is 5.76. The summed E-state index contributed by atoms with van der Waals surface area (Å²) in [6.45, 7) is 2.84. The minimum Gasteiger partial charge on any atom is -0.492 e. The summed E-state index contributed by atoms with van der Waals surface area (Å²) in [6.07, 6.45) is 1.79. The van der Waals surface area contributed by atoms with E-state index in [0.717, 1.165) is 34.6 Å². The van der Waals surface area contributed by atoms with E-state index in [0.29, 0.717) is 19.8 Å². The first-order valence-electron chi connectivity index (χ1n) is 8.37. The second kappa shape index (κ2) is 8.09. The third kappa shape index (κ3) is 4.15. The highest BCUT2D eigenvalue weighted by Gasteiger charge is 2.13. The number of aromatic nitrogens is 3. The van der Waals surface area contributed by atoms with E-state index in [2.05, 4.69) is 16.0 Å². The van der Waals surface area contributed by atoms with Crippen LogP contribution in [0.15, 0.2) is 42.6 Å². The number of hydrogen-bond donors (Lipinski definition) is 0. The number of nitrogens with zero attached hydrogens (tertiary/aromatic N) is 4. The van der Waals surface area contributed by atoms with E-state index in [1.807, 2.05) is 49.1 Å². The van der Waals surface area contributed by atoms with E-state index >= 15 is 0 Å². The molecule has 1 aromatic carbocycles. The number of benzene rings is 1. The molecule has 2 aromatic heterocycles. The van der Waals surface area contributed by atoms with Gasteiger partial charge < -0.3 is 14.4 Å². The fourth-order valence-corrected chi connectivity index (χ4v) is 2.61. The van der Waals surface area contributed by atoms with Gasteiger partial charge >= 0.3 is 0 Å². The summed E-state index contributed by atoms with van der Waals surface area (Å²) in [5.74, 6) is 0.867. The summed E-state index contributed by atoms with van der Waals surface area (Å²) < 4.78 is 12.8. The maximum Gasteiger partial charge on any atom is 0.158 e. The first-order chi connectivity index (χ1) is 12.2. The molecule has 0 spiro atoms. The van der Waals surface area contributed by atoms with Crippen LogP contribution < -0.4 is 4.74 Å². The van der Waals surface area contributed by atoms with Crippen LogP contribution >= 0.6 is 0 Å². The molecule has 6 heteroatoms. The van der Waals surface area contributed by atoms with E-state index < -0.39 is 0 Å². The summed E-state index contributed by atoms with van der Waals surface area (Å²) in [5, 5.41) is 5.78. The highest BCUT2D eigenvalue weighted by Crippen LogP contribution is 2.28. The van der Waals surface area contributed by atoms with Crippen LogP contribution in [0.4, 0.5) is 0 Å². The van der Waals surface area contributed by atoms with Crippen LogP contribution in [0.1, 0.15) is 0 Å². The fraction of sp³-hybridized carbons (Fsp3) is 0.368. The Kier molecular flexibility index (Phi) is 5.63. The van der Waals surface area contributed by atoms with Gasteiger partial charge in [0.05, 0.1) is 13.2 Å². The summed E-state index contributed by atoms with van der Waals surface area (Å²) in [6, 6.07) is 12.0. The van der Waals surface area contributed by atoms with Crippen molar-refractivity contribution in [3.05, 3.63) is 42.6 Å². The van der Waals surface area contributed by atoms with E-state index in [-0.39, 0.29) is 0 Å². The van der Waals surface area contributed by atoms with Crippen molar-refractivity contribution < 1.29 is 9.47 Å². The van der Waals surface area contributed by atoms with Crippen LogP contribution in [0.2, 0.25) is 0 Å². The Morgan fingerprint density at radius 1 is 1.08 bits per heavy atom. The van der Waals surface area contributed by atoms with Crippen LogP contribution in [-0.4, -0.2) is 60.6 Å². The molecule has 0 N–H and O–H groups in total. The number of pyridine rings is 1. The Morgan fingerprint density at radius 3 is 2.60 bits per heavy atom. The second-order valence-corrected chi connectivity index (χ2v) is 6.12. The lowest BCUT2D eigenvalue weighted by molar-refractivity contribution is 0.184. The first kappa shape index (κ1) is 17.4. The highest BCUT2D eigenvalue weighted by atomic mass is 16.5. The number of fused-ring (bicyclic) bond motifs is 1. The van der Waals surface area contributed by atoms with Crippen molar-refractivity contribution in [2.24, 2.45) is 0 Å². The topological polar surface area (TPSA) is 52.4 Å². The molecular formula is C19H24N4O2. The van der Waals surface area contributed by atoms with Gasteiger partial charge in [0.1, 0.15) is 18.1 Å². The summed E-state index contributed by atoms with van der Waals surface area (Å²) >= 11 is 0. The van der Waals surface area contributed by atoms with Crippen molar-refractivity contribution in [1.29, 1.82) is 0 Å². The standard InChI is InChI=1S/C19H24N4O2/c1-22(2)11-14-25-16-8-6-15(7-9-16)18-17-5-4-10-20-19(17)23(21-18)12-13-24-3/h4-10H,11-14H2,1-3H3. The average molecular weight is 340 g/mol. The Hall–Kier alpha value is -2.44. The van der Waals surface area contributed by atoms with Gasteiger partial charge in [-0.2, -0.15) is 5.10 Å². The van der Waals surface area contributed by atoms with Crippen LogP contribution in [0.3, 0.4) is 0 Å². The van der Waals surface area contributed by atoms with Gasteiger partial charge in [-0.15, -0.1) is 0 Å². The van der Waals surface area contributed by atoms with Crippen LogP contribution in [0, 0.1) is 0 Å². The molecule has 0 fully saturated rings. The van der Waals surface area contributed by atoms with Gasteiger partial charge in [0, 0.05) is 30.8 Å². The van der Waals surface area contributed by atoms with Gasteiger partial charge in [0.15, 0.2) is 5.65 Å². The molecule has 0 bridgehead atoms. The molecule has 0 aliphatic heterocycles. The molecule has 0 aliphatic carbocycles. The average Bonchev–Trinajstić information content (AvgIpc) is 2.99. The van der Waals surface area contributed by atoms with Gasteiger partial charge in [-0.05, 0) is 50.5 Å². The molecule has 2 heterocycles. The van der Waals surface area contributed by atoms with Crippen molar-refractivity contribution >= 4 is 11.0 Å². The Balaban J connectivity index is 1.83. The molecule has 0 atom stereocenters. The number of ether oxygens (including phenoxy) is 2. The normalized spacial score (nSPS) is 11.4. The van der Waals surface area contributed by atoms with Gasteiger partial charge in [-0.25, -0.2) is 9.67 Å². The summed E-state index contributed by atoms with van der Waals surface area (Å²) in [5.41, 5.74) is 2.86. The zero-order chi connectivity index (χ0) is 17.6. The van der Waals surface area contributed by atoms with Gasteiger partial charge in [-0.1, -0.05) is 0 Å². The van der Waals surface area contributed by atoms with Crippen LogP contribution in [-0.2, 0) is 11.3 Å². The van der Waals surface area contributed by atoms with Crippen molar-refractivity contribution in [2.45, 2.75) is 6.54 Å².